The summed E-state index contributed by atoms with van der Waals surface area (Å²) >= 11 is 0. The summed E-state index contributed by atoms with van der Waals surface area (Å²) in [5.41, 5.74) is 0. The minimum Gasteiger partial charge on any atom is -0.463 e. The zero-order valence-electron chi connectivity index (χ0n) is 11.3. The van der Waals surface area contributed by atoms with E-state index in [-0.39, 0.29) is 18.1 Å². The quantitative estimate of drug-likeness (QED) is 0.698. The van der Waals surface area contributed by atoms with Gasteiger partial charge in [0.2, 0.25) is 5.95 Å². The molecule has 102 valence electrons. The van der Waals surface area contributed by atoms with E-state index < -0.39 is 0 Å². The van der Waals surface area contributed by atoms with Gasteiger partial charge in [0.1, 0.15) is 0 Å². The van der Waals surface area contributed by atoms with Crippen molar-refractivity contribution in [1.82, 2.24) is 15.0 Å². The van der Waals surface area contributed by atoms with Crippen LogP contribution in [0.15, 0.2) is 0 Å². The molecule has 0 unspecified atom stereocenters. The second-order valence-electron chi connectivity index (χ2n) is 3.84. The van der Waals surface area contributed by atoms with Crippen molar-refractivity contribution >= 4 is 5.95 Å². The molecule has 7 heteroatoms. The molecule has 0 aliphatic heterocycles. The molecular weight excluding hydrogens is 236 g/mol. The second kappa shape index (κ2) is 7.65. The maximum absolute atomic E-state index is 5.42. The van der Waals surface area contributed by atoms with Crippen LogP contribution in [0.4, 0.5) is 5.95 Å². The van der Waals surface area contributed by atoms with Crippen LogP contribution >= 0.6 is 0 Å². The summed E-state index contributed by atoms with van der Waals surface area (Å²) < 4.78 is 15.8. The zero-order chi connectivity index (χ0) is 13.4. The number of rotatable bonds is 8. The molecular formula is C11H20N4O3. The fourth-order valence-corrected chi connectivity index (χ4v) is 1.14. The van der Waals surface area contributed by atoms with Crippen LogP contribution < -0.4 is 14.8 Å². The number of aromatic nitrogens is 3. The Balaban J connectivity index is 2.64. The van der Waals surface area contributed by atoms with Gasteiger partial charge in [-0.05, 0) is 13.8 Å². The van der Waals surface area contributed by atoms with Crippen molar-refractivity contribution in [2.75, 3.05) is 32.7 Å². The summed E-state index contributed by atoms with van der Waals surface area (Å²) in [6.07, 6.45) is 0.774. The molecule has 18 heavy (non-hydrogen) atoms. The van der Waals surface area contributed by atoms with E-state index in [4.69, 9.17) is 14.2 Å². The van der Waals surface area contributed by atoms with Gasteiger partial charge in [-0.3, -0.25) is 0 Å². The maximum Gasteiger partial charge on any atom is 0.324 e. The van der Waals surface area contributed by atoms with E-state index in [1.807, 2.05) is 13.8 Å². The lowest BCUT2D eigenvalue weighted by molar-refractivity contribution is 0.166. The highest BCUT2D eigenvalue weighted by atomic mass is 16.5. The predicted molar refractivity (Wildman–Crippen MR) is 67.1 cm³/mol. The minimum atomic E-state index is -0.00144. The number of nitrogens with zero attached hydrogens (tertiary/aromatic N) is 3. The molecule has 1 aromatic heterocycles. The molecule has 1 heterocycles. The van der Waals surface area contributed by atoms with E-state index >= 15 is 0 Å². The van der Waals surface area contributed by atoms with Crippen LogP contribution in [-0.2, 0) is 4.74 Å². The summed E-state index contributed by atoms with van der Waals surface area (Å²) in [6.45, 7) is 4.94. The van der Waals surface area contributed by atoms with Crippen LogP contribution in [0, 0.1) is 0 Å². The first-order valence-electron chi connectivity index (χ1n) is 5.88. The van der Waals surface area contributed by atoms with Crippen LogP contribution in [0.1, 0.15) is 20.3 Å². The molecule has 0 atom stereocenters. The van der Waals surface area contributed by atoms with E-state index in [0.29, 0.717) is 19.2 Å². The first-order chi connectivity index (χ1) is 8.65. The number of ether oxygens (including phenoxy) is 3. The van der Waals surface area contributed by atoms with E-state index in [0.717, 1.165) is 6.42 Å². The highest BCUT2D eigenvalue weighted by Gasteiger charge is 2.09. The Kier molecular flexibility index (Phi) is 6.13. The third-order valence-electron chi connectivity index (χ3n) is 1.88. The topological polar surface area (TPSA) is 78.4 Å². The Morgan fingerprint density at radius 2 is 1.83 bits per heavy atom. The SMILES string of the molecule is CNc1nc(OCCCOC)nc(OC(C)C)n1. The Labute approximate surface area is 107 Å². The zero-order valence-corrected chi connectivity index (χ0v) is 11.3. The summed E-state index contributed by atoms with van der Waals surface area (Å²) in [4.78, 5) is 12.2. The molecule has 7 nitrogen and oxygen atoms in total. The molecule has 0 saturated carbocycles. The van der Waals surface area contributed by atoms with Gasteiger partial charge in [-0.1, -0.05) is 0 Å². The predicted octanol–water partition coefficient (Wildman–Crippen LogP) is 1.12. The fourth-order valence-electron chi connectivity index (χ4n) is 1.14. The van der Waals surface area contributed by atoms with Gasteiger partial charge in [0.05, 0.1) is 12.7 Å². The van der Waals surface area contributed by atoms with E-state index in [1.54, 1.807) is 14.2 Å². The van der Waals surface area contributed by atoms with Crippen LogP contribution in [-0.4, -0.2) is 48.4 Å². The Bertz CT molecular complexity index is 360. The summed E-state index contributed by atoms with van der Waals surface area (Å²) in [5, 5.41) is 2.84. The Morgan fingerprint density at radius 1 is 1.11 bits per heavy atom. The van der Waals surface area contributed by atoms with Gasteiger partial charge in [-0.15, -0.1) is 4.98 Å². The van der Waals surface area contributed by atoms with Crippen LogP contribution in [0.3, 0.4) is 0 Å². The van der Waals surface area contributed by atoms with Gasteiger partial charge in [-0.2, -0.15) is 9.97 Å². The highest BCUT2D eigenvalue weighted by Crippen LogP contribution is 2.13. The molecule has 0 saturated heterocycles. The average molecular weight is 256 g/mol. The van der Waals surface area contributed by atoms with E-state index in [1.165, 1.54) is 0 Å². The van der Waals surface area contributed by atoms with Crippen LogP contribution in [0.2, 0.25) is 0 Å². The van der Waals surface area contributed by atoms with Gasteiger partial charge in [0, 0.05) is 27.2 Å². The molecule has 0 aromatic carbocycles. The standard InChI is InChI=1S/C11H20N4O3/c1-8(2)18-11-14-9(12-3)13-10(15-11)17-7-5-6-16-4/h8H,5-7H2,1-4H3,(H,12,13,14,15). The number of hydrogen-bond donors (Lipinski definition) is 1. The van der Waals surface area contributed by atoms with Crippen molar-refractivity contribution in [3.05, 3.63) is 0 Å². The molecule has 0 amide bonds. The monoisotopic (exact) mass is 256 g/mol. The van der Waals surface area contributed by atoms with Gasteiger partial charge in [-0.25, -0.2) is 0 Å². The van der Waals surface area contributed by atoms with Gasteiger partial charge >= 0.3 is 12.0 Å². The molecule has 0 aliphatic rings. The lowest BCUT2D eigenvalue weighted by Gasteiger charge is -2.10. The Hall–Kier alpha value is -1.63. The average Bonchev–Trinajstić information content (AvgIpc) is 2.33. The molecule has 0 fully saturated rings. The normalized spacial score (nSPS) is 10.5. The van der Waals surface area contributed by atoms with Crippen molar-refractivity contribution in [2.45, 2.75) is 26.4 Å². The van der Waals surface area contributed by atoms with Gasteiger partial charge < -0.3 is 19.5 Å². The largest absolute Gasteiger partial charge is 0.463 e. The third-order valence-corrected chi connectivity index (χ3v) is 1.88. The van der Waals surface area contributed by atoms with Crippen molar-refractivity contribution in [3.63, 3.8) is 0 Å². The summed E-state index contributed by atoms with van der Waals surface area (Å²) in [6, 6.07) is 0.507. The van der Waals surface area contributed by atoms with Gasteiger partial charge in [0.25, 0.3) is 0 Å². The minimum absolute atomic E-state index is 0.00144. The molecule has 0 spiro atoms. The fraction of sp³-hybridized carbons (Fsp3) is 0.727. The van der Waals surface area contributed by atoms with Crippen molar-refractivity contribution in [3.8, 4) is 12.0 Å². The third kappa shape index (κ3) is 5.13. The number of hydrogen-bond acceptors (Lipinski definition) is 7. The number of anilines is 1. The van der Waals surface area contributed by atoms with Crippen LogP contribution in [0.25, 0.3) is 0 Å². The number of methoxy groups -OCH3 is 1. The molecule has 0 aliphatic carbocycles. The second-order valence-corrected chi connectivity index (χ2v) is 3.84. The molecule has 1 aromatic rings. The Morgan fingerprint density at radius 3 is 2.44 bits per heavy atom. The van der Waals surface area contributed by atoms with Crippen molar-refractivity contribution in [2.24, 2.45) is 0 Å². The summed E-state index contributed by atoms with van der Waals surface area (Å²) in [7, 11) is 3.37. The lowest BCUT2D eigenvalue weighted by atomic mass is 10.5. The smallest absolute Gasteiger partial charge is 0.324 e. The maximum atomic E-state index is 5.42. The number of nitrogens with one attached hydrogen (secondary N) is 1. The molecule has 0 radical (unpaired) electrons. The van der Waals surface area contributed by atoms with Crippen LogP contribution in [0.5, 0.6) is 12.0 Å². The molecule has 1 rings (SSSR count). The molecule has 0 bridgehead atoms. The van der Waals surface area contributed by atoms with Gasteiger partial charge in [0.15, 0.2) is 0 Å². The van der Waals surface area contributed by atoms with Crippen molar-refractivity contribution in [1.29, 1.82) is 0 Å². The first kappa shape index (κ1) is 14.4. The first-order valence-corrected chi connectivity index (χ1v) is 5.88. The lowest BCUT2D eigenvalue weighted by Crippen LogP contribution is -2.12. The van der Waals surface area contributed by atoms with E-state index in [9.17, 15) is 0 Å². The molecule has 1 N–H and O–H groups in total. The van der Waals surface area contributed by atoms with Crippen molar-refractivity contribution < 1.29 is 14.2 Å². The van der Waals surface area contributed by atoms with E-state index in [2.05, 4.69) is 20.3 Å². The summed E-state index contributed by atoms with van der Waals surface area (Å²) in [5.74, 6) is 0.419. The highest BCUT2D eigenvalue weighted by molar-refractivity contribution is 5.26.